The summed E-state index contributed by atoms with van der Waals surface area (Å²) < 4.78 is 21.0. The zero-order valence-electron chi connectivity index (χ0n) is 19.4. The molecule has 7 heteroatoms. The molecule has 0 bridgehead atoms. The van der Waals surface area contributed by atoms with Crippen molar-refractivity contribution in [2.45, 2.75) is 13.2 Å². The van der Waals surface area contributed by atoms with Crippen LogP contribution in [0.15, 0.2) is 91.1 Å². The summed E-state index contributed by atoms with van der Waals surface area (Å²) in [6.45, 7) is 4.01. The van der Waals surface area contributed by atoms with Gasteiger partial charge in [-0.25, -0.2) is 9.07 Å². The Morgan fingerprint density at radius 3 is 2.11 bits per heavy atom. The Balaban J connectivity index is 1.32. The van der Waals surface area contributed by atoms with Gasteiger partial charge in [-0.3, -0.25) is 9.69 Å². The van der Waals surface area contributed by atoms with Gasteiger partial charge >= 0.3 is 0 Å². The first-order chi connectivity index (χ1) is 17.2. The van der Waals surface area contributed by atoms with Crippen LogP contribution in [0, 0.1) is 5.82 Å². The Kier molecular flexibility index (Phi) is 6.86. The normalized spacial score (nSPS) is 14.1. The molecule has 5 rings (SSSR count). The van der Waals surface area contributed by atoms with Gasteiger partial charge in [0, 0.05) is 32.7 Å². The predicted octanol–water partition coefficient (Wildman–Crippen LogP) is 4.55. The Morgan fingerprint density at radius 1 is 0.829 bits per heavy atom. The summed E-state index contributed by atoms with van der Waals surface area (Å²) in [4.78, 5) is 17.7. The lowest BCUT2D eigenvalue weighted by molar-refractivity contribution is 0.0618. The van der Waals surface area contributed by atoms with Crippen LogP contribution in [0.3, 0.4) is 0 Å². The zero-order valence-corrected chi connectivity index (χ0v) is 19.4. The Bertz CT molecular complexity index is 1250. The molecule has 1 saturated heterocycles. The Labute approximate surface area is 204 Å². The molecule has 0 aliphatic carbocycles. The molecule has 1 aromatic heterocycles. The second kappa shape index (κ2) is 10.5. The lowest BCUT2D eigenvalue weighted by Crippen LogP contribution is -2.48. The molecule has 0 atom stereocenters. The van der Waals surface area contributed by atoms with E-state index in [1.165, 1.54) is 17.7 Å². The molecule has 2 heterocycles. The molecule has 1 fully saturated rings. The molecule has 1 amide bonds. The Hall–Kier alpha value is -3.97. The van der Waals surface area contributed by atoms with E-state index in [2.05, 4.69) is 22.1 Å². The lowest BCUT2D eigenvalue weighted by Gasteiger charge is -2.34. The van der Waals surface area contributed by atoms with Gasteiger partial charge < -0.3 is 9.64 Å². The number of carbonyl (C=O) groups excluding carboxylic acids is 1. The van der Waals surface area contributed by atoms with Crippen molar-refractivity contribution in [3.05, 3.63) is 114 Å². The number of aromatic nitrogens is 2. The number of benzene rings is 3. The van der Waals surface area contributed by atoms with E-state index in [0.29, 0.717) is 31.1 Å². The number of carbonyl (C=O) groups is 1. The van der Waals surface area contributed by atoms with Crippen molar-refractivity contribution in [2.24, 2.45) is 0 Å². The molecule has 6 nitrogen and oxygen atoms in total. The molecule has 0 radical (unpaired) electrons. The summed E-state index contributed by atoms with van der Waals surface area (Å²) in [6, 6.07) is 26.1. The lowest BCUT2D eigenvalue weighted by atomic mass is 10.2. The maximum atomic E-state index is 13.5. The van der Waals surface area contributed by atoms with Gasteiger partial charge in [0.05, 0.1) is 11.9 Å². The van der Waals surface area contributed by atoms with E-state index < -0.39 is 0 Å². The van der Waals surface area contributed by atoms with Crippen molar-refractivity contribution < 1.29 is 13.9 Å². The van der Waals surface area contributed by atoms with Crippen LogP contribution in [-0.4, -0.2) is 51.7 Å². The van der Waals surface area contributed by atoms with Crippen LogP contribution < -0.4 is 4.74 Å². The molecular weight excluding hydrogens is 443 g/mol. The molecule has 1 aliphatic rings. The number of nitrogens with zero attached hydrogens (tertiary/aromatic N) is 4. The summed E-state index contributed by atoms with van der Waals surface area (Å²) in [5.41, 5.74) is 3.18. The Morgan fingerprint density at radius 2 is 1.46 bits per heavy atom. The van der Waals surface area contributed by atoms with Gasteiger partial charge in [0.25, 0.3) is 5.91 Å². The number of rotatable bonds is 7. The number of amides is 1. The highest BCUT2D eigenvalue weighted by molar-refractivity contribution is 5.95. The van der Waals surface area contributed by atoms with E-state index in [4.69, 9.17) is 4.74 Å². The molecule has 178 valence electrons. The van der Waals surface area contributed by atoms with Crippen LogP contribution >= 0.6 is 0 Å². The highest BCUT2D eigenvalue weighted by Gasteiger charge is 2.27. The van der Waals surface area contributed by atoms with Gasteiger partial charge in [-0.05, 0) is 35.4 Å². The number of ether oxygens (including phenoxy) is 1. The second-order valence-corrected chi connectivity index (χ2v) is 8.59. The number of halogens is 1. The monoisotopic (exact) mass is 470 g/mol. The topological polar surface area (TPSA) is 50.6 Å². The molecule has 4 aromatic rings. The van der Waals surface area contributed by atoms with Gasteiger partial charge in [-0.2, -0.15) is 5.10 Å². The molecule has 0 N–H and O–H groups in total. The van der Waals surface area contributed by atoms with E-state index in [-0.39, 0.29) is 17.4 Å². The van der Waals surface area contributed by atoms with E-state index >= 15 is 0 Å². The number of piperazine rings is 1. The molecule has 0 saturated carbocycles. The minimum Gasteiger partial charge on any atom is -0.485 e. The van der Waals surface area contributed by atoms with E-state index in [1.54, 1.807) is 23.0 Å². The third-order valence-electron chi connectivity index (χ3n) is 6.12. The summed E-state index contributed by atoms with van der Waals surface area (Å²) in [7, 11) is 0. The standard InChI is InChI=1S/C28H27FN4O2/c29-24-11-13-25(14-12-24)33-20-26(35-21-23-9-5-2-6-10-23)27(30-33)28(34)32-17-15-31(16-18-32)19-22-7-3-1-4-8-22/h1-14,20H,15-19,21H2. The van der Waals surface area contributed by atoms with Gasteiger partial charge in [0.2, 0.25) is 0 Å². The fourth-order valence-electron chi connectivity index (χ4n) is 4.17. The maximum absolute atomic E-state index is 13.5. The molecule has 0 spiro atoms. The van der Waals surface area contributed by atoms with Crippen LogP contribution in [0.4, 0.5) is 4.39 Å². The van der Waals surface area contributed by atoms with Gasteiger partial charge in [0.1, 0.15) is 12.4 Å². The van der Waals surface area contributed by atoms with Crippen molar-refractivity contribution in [1.82, 2.24) is 19.6 Å². The summed E-state index contributed by atoms with van der Waals surface area (Å²) >= 11 is 0. The highest BCUT2D eigenvalue weighted by atomic mass is 19.1. The van der Waals surface area contributed by atoms with Crippen LogP contribution in [0.5, 0.6) is 5.75 Å². The maximum Gasteiger partial charge on any atom is 0.278 e. The first-order valence-electron chi connectivity index (χ1n) is 11.7. The summed E-state index contributed by atoms with van der Waals surface area (Å²) in [6.07, 6.45) is 1.69. The fourth-order valence-corrected chi connectivity index (χ4v) is 4.17. The zero-order chi connectivity index (χ0) is 24.0. The minimum atomic E-state index is -0.328. The SMILES string of the molecule is O=C(c1nn(-c2ccc(F)cc2)cc1OCc1ccccc1)N1CCN(Cc2ccccc2)CC1. The average Bonchev–Trinajstić information content (AvgIpc) is 3.33. The van der Waals surface area contributed by atoms with Crippen LogP contribution in [-0.2, 0) is 13.2 Å². The minimum absolute atomic E-state index is 0.159. The van der Waals surface area contributed by atoms with Crippen molar-refractivity contribution in [3.63, 3.8) is 0 Å². The van der Waals surface area contributed by atoms with Crippen molar-refractivity contribution >= 4 is 5.91 Å². The largest absolute Gasteiger partial charge is 0.485 e. The predicted molar refractivity (Wildman–Crippen MR) is 132 cm³/mol. The first-order valence-corrected chi connectivity index (χ1v) is 11.7. The quantitative estimate of drug-likeness (QED) is 0.398. The van der Waals surface area contributed by atoms with Crippen molar-refractivity contribution in [3.8, 4) is 11.4 Å². The summed E-state index contributed by atoms with van der Waals surface area (Å²) in [5, 5.41) is 4.55. The molecule has 3 aromatic carbocycles. The number of hydrogen-bond acceptors (Lipinski definition) is 4. The number of hydrogen-bond donors (Lipinski definition) is 0. The van der Waals surface area contributed by atoms with E-state index in [1.807, 2.05) is 53.4 Å². The van der Waals surface area contributed by atoms with Crippen LogP contribution in [0.25, 0.3) is 5.69 Å². The highest BCUT2D eigenvalue weighted by Crippen LogP contribution is 2.24. The van der Waals surface area contributed by atoms with Gasteiger partial charge in [-0.1, -0.05) is 60.7 Å². The third kappa shape index (κ3) is 5.58. The molecule has 0 unspecified atom stereocenters. The smallest absolute Gasteiger partial charge is 0.278 e. The van der Waals surface area contributed by atoms with E-state index in [0.717, 1.165) is 25.2 Å². The fraction of sp³-hybridized carbons (Fsp3) is 0.214. The average molecular weight is 471 g/mol. The summed E-state index contributed by atoms with van der Waals surface area (Å²) in [5.74, 6) is -0.0747. The first kappa shape index (κ1) is 22.8. The van der Waals surface area contributed by atoms with Crippen molar-refractivity contribution in [1.29, 1.82) is 0 Å². The second-order valence-electron chi connectivity index (χ2n) is 8.59. The van der Waals surface area contributed by atoms with Crippen molar-refractivity contribution in [2.75, 3.05) is 26.2 Å². The molecule has 35 heavy (non-hydrogen) atoms. The van der Waals surface area contributed by atoms with Gasteiger partial charge in [-0.15, -0.1) is 0 Å². The molecule has 1 aliphatic heterocycles. The molecular formula is C28H27FN4O2. The van der Waals surface area contributed by atoms with Crippen LogP contribution in [0.2, 0.25) is 0 Å². The van der Waals surface area contributed by atoms with Gasteiger partial charge in [0.15, 0.2) is 11.4 Å². The van der Waals surface area contributed by atoms with Crippen LogP contribution in [0.1, 0.15) is 21.6 Å². The third-order valence-corrected chi connectivity index (χ3v) is 6.12. The van der Waals surface area contributed by atoms with E-state index in [9.17, 15) is 9.18 Å².